The first-order valence-corrected chi connectivity index (χ1v) is 5.12. The first kappa shape index (κ1) is 10.8. The zero-order valence-corrected chi connectivity index (χ0v) is 9.46. The number of rotatable bonds is 4. The minimum atomic E-state index is 0.0219. The van der Waals surface area contributed by atoms with Gasteiger partial charge in [-0.15, -0.1) is 0 Å². The van der Waals surface area contributed by atoms with Gasteiger partial charge in [-0.3, -0.25) is 16.0 Å². The second kappa shape index (κ2) is 4.46. The van der Waals surface area contributed by atoms with Gasteiger partial charge in [-0.05, 0) is 6.07 Å². The standard InChI is InChI=1S/C10H16N6/c1-15-6-5-12-10(15)7-8(14-11)9-3-4-13-16(9)2/h3-6,8,14H,7,11H2,1-2H3. The molecule has 0 aliphatic carbocycles. The fraction of sp³-hybridized carbons (Fsp3) is 0.400. The van der Waals surface area contributed by atoms with Gasteiger partial charge in [0.05, 0.1) is 11.7 Å². The molecule has 0 spiro atoms. The fourth-order valence-corrected chi connectivity index (χ4v) is 1.75. The molecule has 1 atom stereocenters. The molecule has 6 heteroatoms. The van der Waals surface area contributed by atoms with E-state index < -0.39 is 0 Å². The van der Waals surface area contributed by atoms with Crippen molar-refractivity contribution in [1.29, 1.82) is 0 Å². The molecule has 0 aliphatic rings. The monoisotopic (exact) mass is 220 g/mol. The molecule has 0 radical (unpaired) electrons. The van der Waals surface area contributed by atoms with Crippen LogP contribution in [-0.2, 0) is 20.5 Å². The van der Waals surface area contributed by atoms with Crippen molar-refractivity contribution in [1.82, 2.24) is 24.8 Å². The third-order valence-corrected chi connectivity index (χ3v) is 2.72. The Bertz CT molecular complexity index is 457. The number of hydrogen-bond donors (Lipinski definition) is 2. The lowest BCUT2D eigenvalue weighted by molar-refractivity contribution is 0.493. The Morgan fingerprint density at radius 1 is 1.44 bits per heavy atom. The molecule has 16 heavy (non-hydrogen) atoms. The van der Waals surface area contributed by atoms with Gasteiger partial charge in [0.2, 0.25) is 0 Å². The van der Waals surface area contributed by atoms with E-state index in [0.29, 0.717) is 0 Å². The third kappa shape index (κ3) is 1.98. The van der Waals surface area contributed by atoms with E-state index in [4.69, 9.17) is 5.84 Å². The molecule has 0 saturated carbocycles. The van der Waals surface area contributed by atoms with Crippen LogP contribution < -0.4 is 11.3 Å². The van der Waals surface area contributed by atoms with Crippen molar-refractivity contribution in [3.8, 4) is 0 Å². The van der Waals surface area contributed by atoms with Gasteiger partial charge >= 0.3 is 0 Å². The first-order chi connectivity index (χ1) is 7.72. The molecule has 2 aromatic heterocycles. The Kier molecular flexibility index (Phi) is 3.02. The van der Waals surface area contributed by atoms with E-state index in [1.807, 2.05) is 35.6 Å². The number of imidazole rings is 1. The van der Waals surface area contributed by atoms with E-state index in [1.54, 1.807) is 12.4 Å². The van der Waals surface area contributed by atoms with Crippen LogP contribution in [0.1, 0.15) is 17.6 Å². The molecule has 1 unspecified atom stereocenters. The fourth-order valence-electron chi connectivity index (χ4n) is 1.75. The molecule has 86 valence electrons. The summed E-state index contributed by atoms with van der Waals surface area (Å²) in [5.74, 6) is 6.56. The predicted octanol–water partition coefficient (Wildman–Crippen LogP) is -0.0993. The van der Waals surface area contributed by atoms with Gasteiger partial charge in [0.1, 0.15) is 5.82 Å². The molecule has 0 aliphatic heterocycles. The molecule has 2 rings (SSSR count). The average Bonchev–Trinajstić information content (AvgIpc) is 2.85. The Balaban J connectivity index is 2.19. The minimum Gasteiger partial charge on any atom is -0.338 e. The summed E-state index contributed by atoms with van der Waals surface area (Å²) in [5.41, 5.74) is 3.84. The van der Waals surface area contributed by atoms with Gasteiger partial charge in [0, 0.05) is 39.1 Å². The van der Waals surface area contributed by atoms with E-state index in [0.717, 1.165) is 17.9 Å². The number of aromatic nitrogens is 4. The quantitative estimate of drug-likeness (QED) is 0.557. The minimum absolute atomic E-state index is 0.0219. The third-order valence-electron chi connectivity index (χ3n) is 2.72. The highest BCUT2D eigenvalue weighted by atomic mass is 15.3. The van der Waals surface area contributed by atoms with Crippen molar-refractivity contribution >= 4 is 0 Å². The van der Waals surface area contributed by atoms with Crippen molar-refractivity contribution in [3.05, 3.63) is 36.2 Å². The van der Waals surface area contributed by atoms with E-state index in [-0.39, 0.29) is 6.04 Å². The number of nitrogens with one attached hydrogen (secondary N) is 1. The van der Waals surface area contributed by atoms with E-state index in [9.17, 15) is 0 Å². The Hall–Kier alpha value is -1.66. The number of hydrazine groups is 1. The summed E-state index contributed by atoms with van der Waals surface area (Å²) < 4.78 is 3.80. The van der Waals surface area contributed by atoms with Crippen LogP contribution >= 0.6 is 0 Å². The van der Waals surface area contributed by atoms with Crippen molar-refractivity contribution in [2.45, 2.75) is 12.5 Å². The predicted molar refractivity (Wildman–Crippen MR) is 60.2 cm³/mol. The van der Waals surface area contributed by atoms with Crippen LogP contribution in [0.25, 0.3) is 0 Å². The highest BCUT2D eigenvalue weighted by Gasteiger charge is 2.15. The number of nitrogens with zero attached hydrogens (tertiary/aromatic N) is 4. The molecule has 0 aromatic carbocycles. The summed E-state index contributed by atoms with van der Waals surface area (Å²) >= 11 is 0. The van der Waals surface area contributed by atoms with Crippen LogP contribution in [0.5, 0.6) is 0 Å². The van der Waals surface area contributed by atoms with Crippen molar-refractivity contribution in [3.63, 3.8) is 0 Å². The molecule has 3 N–H and O–H groups in total. The average molecular weight is 220 g/mol. The van der Waals surface area contributed by atoms with E-state index in [1.165, 1.54) is 0 Å². The van der Waals surface area contributed by atoms with Crippen LogP contribution in [0, 0.1) is 0 Å². The van der Waals surface area contributed by atoms with Gasteiger partial charge < -0.3 is 4.57 Å². The van der Waals surface area contributed by atoms with Crippen LogP contribution in [0.4, 0.5) is 0 Å². The van der Waals surface area contributed by atoms with Crippen molar-refractivity contribution < 1.29 is 0 Å². The van der Waals surface area contributed by atoms with Gasteiger partial charge in [-0.1, -0.05) is 0 Å². The van der Waals surface area contributed by atoms with Gasteiger partial charge in [-0.2, -0.15) is 5.10 Å². The van der Waals surface area contributed by atoms with Crippen LogP contribution in [0.3, 0.4) is 0 Å². The van der Waals surface area contributed by atoms with Gasteiger partial charge in [0.25, 0.3) is 0 Å². The second-order valence-electron chi connectivity index (χ2n) is 3.76. The van der Waals surface area contributed by atoms with Gasteiger partial charge in [-0.25, -0.2) is 4.98 Å². The molecule has 0 fully saturated rings. The van der Waals surface area contributed by atoms with Crippen molar-refractivity contribution in [2.24, 2.45) is 19.9 Å². The Morgan fingerprint density at radius 3 is 2.75 bits per heavy atom. The summed E-state index contributed by atoms with van der Waals surface area (Å²) in [6.07, 6.45) is 6.20. The Labute approximate surface area is 94.1 Å². The highest BCUT2D eigenvalue weighted by molar-refractivity contribution is 5.09. The SMILES string of the molecule is Cn1ccnc1CC(NN)c1ccnn1C. The van der Waals surface area contributed by atoms with E-state index in [2.05, 4.69) is 15.5 Å². The zero-order valence-electron chi connectivity index (χ0n) is 9.46. The molecule has 2 aromatic rings. The largest absolute Gasteiger partial charge is 0.338 e. The number of aryl methyl sites for hydroxylation is 2. The lowest BCUT2D eigenvalue weighted by atomic mass is 10.1. The topological polar surface area (TPSA) is 73.7 Å². The van der Waals surface area contributed by atoms with Crippen molar-refractivity contribution in [2.75, 3.05) is 0 Å². The normalized spacial score (nSPS) is 12.9. The lowest BCUT2D eigenvalue weighted by Gasteiger charge is -2.15. The van der Waals surface area contributed by atoms with Crippen LogP contribution in [0.2, 0.25) is 0 Å². The summed E-state index contributed by atoms with van der Waals surface area (Å²) in [6, 6.07) is 1.97. The first-order valence-electron chi connectivity index (χ1n) is 5.12. The smallest absolute Gasteiger partial charge is 0.110 e. The molecule has 6 nitrogen and oxygen atoms in total. The molecular formula is C10H16N6. The Morgan fingerprint density at radius 2 is 2.25 bits per heavy atom. The number of hydrogen-bond acceptors (Lipinski definition) is 4. The molecule has 0 bridgehead atoms. The molecule has 2 heterocycles. The highest BCUT2D eigenvalue weighted by Crippen LogP contribution is 2.15. The maximum absolute atomic E-state index is 5.57. The number of nitrogens with two attached hydrogens (primary N) is 1. The summed E-state index contributed by atoms with van der Waals surface area (Å²) in [7, 11) is 3.87. The maximum Gasteiger partial charge on any atom is 0.110 e. The van der Waals surface area contributed by atoms with Crippen LogP contribution in [-0.4, -0.2) is 19.3 Å². The molecule has 0 amide bonds. The summed E-state index contributed by atoms with van der Waals surface area (Å²) in [6.45, 7) is 0. The second-order valence-corrected chi connectivity index (χ2v) is 3.76. The maximum atomic E-state index is 5.57. The zero-order chi connectivity index (χ0) is 11.5. The molecule has 0 saturated heterocycles. The van der Waals surface area contributed by atoms with Crippen LogP contribution in [0.15, 0.2) is 24.7 Å². The van der Waals surface area contributed by atoms with Gasteiger partial charge in [0.15, 0.2) is 0 Å². The van der Waals surface area contributed by atoms with E-state index >= 15 is 0 Å². The molecular weight excluding hydrogens is 204 g/mol. The summed E-state index contributed by atoms with van der Waals surface area (Å²) in [5, 5.41) is 4.13. The lowest BCUT2D eigenvalue weighted by Crippen LogP contribution is -2.31. The summed E-state index contributed by atoms with van der Waals surface area (Å²) in [4.78, 5) is 4.28.